The minimum absolute atomic E-state index is 0.0315. The highest BCUT2D eigenvalue weighted by Gasteiger charge is 2.21. The second-order valence-corrected chi connectivity index (χ2v) is 7.69. The van der Waals surface area contributed by atoms with E-state index < -0.39 is 0 Å². The van der Waals surface area contributed by atoms with Crippen LogP contribution in [0.5, 0.6) is 0 Å². The molecular formula is C21H24BrN3O2. The summed E-state index contributed by atoms with van der Waals surface area (Å²) in [5, 5.41) is 2.71. The molecule has 0 aromatic heterocycles. The van der Waals surface area contributed by atoms with Crippen molar-refractivity contribution in [3.8, 4) is 0 Å². The predicted octanol–water partition coefficient (Wildman–Crippen LogP) is 2.83. The quantitative estimate of drug-likeness (QED) is 0.794. The summed E-state index contributed by atoms with van der Waals surface area (Å²) < 4.78 is 0.915. The predicted molar refractivity (Wildman–Crippen MR) is 110 cm³/mol. The van der Waals surface area contributed by atoms with Crippen LogP contribution in [-0.2, 0) is 11.3 Å². The first-order chi connectivity index (χ1) is 13.0. The molecule has 1 heterocycles. The number of nitrogens with one attached hydrogen (secondary N) is 1. The van der Waals surface area contributed by atoms with E-state index in [1.807, 2.05) is 17.0 Å². The van der Waals surface area contributed by atoms with E-state index in [0.717, 1.165) is 24.1 Å². The van der Waals surface area contributed by atoms with Crippen LogP contribution in [0.2, 0.25) is 0 Å². The fourth-order valence-electron chi connectivity index (χ4n) is 3.15. The molecule has 0 spiro atoms. The summed E-state index contributed by atoms with van der Waals surface area (Å²) in [4.78, 5) is 28.7. The van der Waals surface area contributed by atoms with E-state index in [1.54, 1.807) is 12.1 Å². The van der Waals surface area contributed by atoms with Crippen LogP contribution in [0.25, 0.3) is 0 Å². The second kappa shape index (κ2) is 9.15. The lowest BCUT2D eigenvalue weighted by Gasteiger charge is -2.35. The molecule has 2 amide bonds. The molecule has 6 heteroatoms. The zero-order valence-corrected chi connectivity index (χ0v) is 17.0. The maximum Gasteiger partial charge on any atom is 0.251 e. The van der Waals surface area contributed by atoms with Crippen LogP contribution in [0.1, 0.15) is 21.5 Å². The molecule has 0 saturated carbocycles. The van der Waals surface area contributed by atoms with E-state index in [1.165, 1.54) is 11.1 Å². The molecule has 5 nitrogen and oxygen atoms in total. The molecule has 1 fully saturated rings. The van der Waals surface area contributed by atoms with Gasteiger partial charge in [-0.1, -0.05) is 40.2 Å². The fraction of sp³-hybridized carbons (Fsp3) is 0.333. The first-order valence-electron chi connectivity index (χ1n) is 9.11. The summed E-state index contributed by atoms with van der Waals surface area (Å²) in [6.45, 7) is 6.16. The van der Waals surface area contributed by atoms with Gasteiger partial charge in [0.15, 0.2) is 0 Å². The molecule has 1 N–H and O–H groups in total. The van der Waals surface area contributed by atoms with Crippen LogP contribution in [0.4, 0.5) is 0 Å². The highest BCUT2D eigenvalue weighted by atomic mass is 79.9. The Morgan fingerprint density at radius 1 is 1.00 bits per heavy atom. The van der Waals surface area contributed by atoms with Gasteiger partial charge in [-0.15, -0.1) is 0 Å². The van der Waals surface area contributed by atoms with Gasteiger partial charge in [0, 0.05) is 42.8 Å². The first kappa shape index (κ1) is 19.6. The molecule has 0 aliphatic carbocycles. The van der Waals surface area contributed by atoms with Crippen molar-refractivity contribution in [3.05, 3.63) is 69.7 Å². The second-order valence-electron chi connectivity index (χ2n) is 6.77. The first-order valence-corrected chi connectivity index (χ1v) is 9.90. The third kappa shape index (κ3) is 5.40. The Balaban J connectivity index is 1.44. The van der Waals surface area contributed by atoms with Gasteiger partial charge in [0.2, 0.25) is 5.91 Å². The van der Waals surface area contributed by atoms with Crippen LogP contribution < -0.4 is 5.32 Å². The summed E-state index contributed by atoms with van der Waals surface area (Å²) in [6, 6.07) is 15.5. The lowest BCUT2D eigenvalue weighted by atomic mass is 10.1. The Bertz CT molecular complexity index is 799. The third-order valence-corrected chi connectivity index (χ3v) is 5.42. The Kier molecular flexibility index (Phi) is 6.63. The lowest BCUT2D eigenvalue weighted by Crippen LogP contribution is -2.50. The van der Waals surface area contributed by atoms with Crippen LogP contribution in [0.15, 0.2) is 53.0 Å². The monoisotopic (exact) mass is 429 g/mol. The van der Waals surface area contributed by atoms with E-state index in [9.17, 15) is 9.59 Å². The molecule has 27 heavy (non-hydrogen) atoms. The molecular weight excluding hydrogens is 406 g/mol. The van der Waals surface area contributed by atoms with Crippen LogP contribution in [0, 0.1) is 6.92 Å². The van der Waals surface area contributed by atoms with Crippen molar-refractivity contribution in [3.63, 3.8) is 0 Å². The minimum atomic E-state index is -0.228. The molecule has 1 aliphatic rings. The number of nitrogens with zero attached hydrogens (tertiary/aromatic N) is 2. The zero-order valence-electron chi connectivity index (χ0n) is 15.5. The summed E-state index contributed by atoms with van der Waals surface area (Å²) >= 11 is 3.34. The molecule has 2 aromatic carbocycles. The smallest absolute Gasteiger partial charge is 0.251 e. The van der Waals surface area contributed by atoms with E-state index in [4.69, 9.17) is 0 Å². The van der Waals surface area contributed by atoms with Crippen molar-refractivity contribution in [2.24, 2.45) is 0 Å². The van der Waals surface area contributed by atoms with Gasteiger partial charge in [-0.2, -0.15) is 0 Å². The van der Waals surface area contributed by atoms with Gasteiger partial charge in [0.25, 0.3) is 5.91 Å². The van der Waals surface area contributed by atoms with E-state index >= 15 is 0 Å². The SMILES string of the molecule is Cc1ccccc1CN1CCN(C(=O)CNC(=O)c2ccc(Br)cc2)CC1. The highest BCUT2D eigenvalue weighted by Crippen LogP contribution is 2.13. The molecule has 3 rings (SSSR count). The summed E-state index contributed by atoms with van der Waals surface area (Å²) in [6.07, 6.45) is 0. The standard InChI is InChI=1S/C21H24BrN3O2/c1-16-4-2-3-5-18(16)15-24-10-12-25(13-11-24)20(26)14-23-21(27)17-6-8-19(22)9-7-17/h2-9H,10-15H2,1H3,(H,23,27). The largest absolute Gasteiger partial charge is 0.343 e. The number of piperazine rings is 1. The fourth-order valence-corrected chi connectivity index (χ4v) is 3.42. The Labute approximate surface area is 168 Å². The molecule has 0 radical (unpaired) electrons. The van der Waals surface area contributed by atoms with Crippen molar-refractivity contribution >= 4 is 27.7 Å². The van der Waals surface area contributed by atoms with E-state index in [-0.39, 0.29) is 18.4 Å². The highest BCUT2D eigenvalue weighted by molar-refractivity contribution is 9.10. The van der Waals surface area contributed by atoms with E-state index in [2.05, 4.69) is 57.3 Å². The van der Waals surface area contributed by atoms with Gasteiger partial charge in [-0.25, -0.2) is 0 Å². The molecule has 1 saturated heterocycles. The molecule has 0 bridgehead atoms. The number of benzene rings is 2. The number of carbonyl (C=O) groups excluding carboxylic acids is 2. The van der Waals surface area contributed by atoms with Crippen LogP contribution in [0.3, 0.4) is 0 Å². The number of hydrogen-bond donors (Lipinski definition) is 1. The van der Waals surface area contributed by atoms with Crippen molar-refractivity contribution in [2.45, 2.75) is 13.5 Å². The van der Waals surface area contributed by atoms with Crippen molar-refractivity contribution in [1.29, 1.82) is 0 Å². The average molecular weight is 430 g/mol. The zero-order chi connectivity index (χ0) is 19.2. The van der Waals surface area contributed by atoms with Gasteiger partial charge in [-0.05, 0) is 42.3 Å². The van der Waals surface area contributed by atoms with Gasteiger partial charge in [0.05, 0.1) is 6.54 Å². The van der Waals surface area contributed by atoms with Crippen molar-refractivity contribution < 1.29 is 9.59 Å². The molecule has 0 unspecified atom stereocenters. The number of aryl methyl sites for hydroxylation is 1. The van der Waals surface area contributed by atoms with Crippen LogP contribution in [-0.4, -0.2) is 54.3 Å². The normalized spacial score (nSPS) is 14.8. The lowest BCUT2D eigenvalue weighted by molar-refractivity contribution is -0.131. The summed E-state index contributed by atoms with van der Waals surface area (Å²) in [7, 11) is 0. The Morgan fingerprint density at radius 3 is 2.33 bits per heavy atom. The average Bonchev–Trinajstić information content (AvgIpc) is 2.69. The van der Waals surface area contributed by atoms with Gasteiger partial charge in [-0.3, -0.25) is 14.5 Å². The number of amides is 2. The molecule has 0 atom stereocenters. The third-order valence-electron chi connectivity index (χ3n) is 4.89. The maximum atomic E-state index is 12.4. The molecule has 1 aliphatic heterocycles. The summed E-state index contributed by atoms with van der Waals surface area (Å²) in [5.74, 6) is -0.259. The van der Waals surface area contributed by atoms with Crippen LogP contribution >= 0.6 is 15.9 Å². The molecule has 2 aromatic rings. The van der Waals surface area contributed by atoms with Gasteiger partial charge < -0.3 is 10.2 Å². The van der Waals surface area contributed by atoms with Gasteiger partial charge in [0.1, 0.15) is 0 Å². The topological polar surface area (TPSA) is 52.6 Å². The minimum Gasteiger partial charge on any atom is -0.343 e. The number of hydrogen-bond acceptors (Lipinski definition) is 3. The van der Waals surface area contributed by atoms with E-state index in [0.29, 0.717) is 18.7 Å². The molecule has 142 valence electrons. The number of rotatable bonds is 5. The van der Waals surface area contributed by atoms with Gasteiger partial charge >= 0.3 is 0 Å². The Morgan fingerprint density at radius 2 is 1.67 bits per heavy atom. The maximum absolute atomic E-state index is 12.4. The Hall–Kier alpha value is -2.18. The van der Waals surface area contributed by atoms with Crippen molar-refractivity contribution in [2.75, 3.05) is 32.7 Å². The number of halogens is 1. The number of carbonyl (C=O) groups is 2. The summed E-state index contributed by atoms with van der Waals surface area (Å²) in [5.41, 5.74) is 3.18. The van der Waals surface area contributed by atoms with Crippen molar-refractivity contribution in [1.82, 2.24) is 15.1 Å².